The average molecular weight is 359 g/mol. The number of hydrogen-bond acceptors (Lipinski definition) is 4. The van der Waals surface area contributed by atoms with Gasteiger partial charge in [0, 0.05) is 37.2 Å². The summed E-state index contributed by atoms with van der Waals surface area (Å²) in [6.07, 6.45) is 5.92. The van der Waals surface area contributed by atoms with E-state index in [0.29, 0.717) is 31.6 Å². The lowest BCUT2D eigenvalue weighted by Gasteiger charge is -2.38. The first kappa shape index (κ1) is 17.4. The minimum atomic E-state index is -0.124. The number of carbonyl (C=O) groups excluding carboxylic acids is 2. The van der Waals surface area contributed by atoms with Crippen molar-refractivity contribution >= 4 is 29.1 Å². The van der Waals surface area contributed by atoms with Crippen LogP contribution in [0.5, 0.6) is 0 Å². The van der Waals surface area contributed by atoms with E-state index >= 15 is 0 Å². The molecule has 1 aliphatic rings. The van der Waals surface area contributed by atoms with E-state index in [0.717, 1.165) is 5.69 Å². The molecule has 0 radical (unpaired) electrons. The molecule has 0 spiro atoms. The summed E-state index contributed by atoms with van der Waals surface area (Å²) >= 11 is 5.80. The molecular weight excluding hydrogens is 340 g/mol. The summed E-state index contributed by atoms with van der Waals surface area (Å²) in [6, 6.07) is 9.55. The largest absolute Gasteiger partial charge is 0.337 e. The number of alkyl halides is 1. The Kier molecular flexibility index (Phi) is 5.60. The van der Waals surface area contributed by atoms with E-state index in [2.05, 4.69) is 9.97 Å². The quantitative estimate of drug-likeness (QED) is 0.787. The van der Waals surface area contributed by atoms with Gasteiger partial charge in [0.15, 0.2) is 0 Å². The summed E-state index contributed by atoms with van der Waals surface area (Å²) in [5.74, 6) is -0.304. The first-order chi connectivity index (χ1) is 12.2. The van der Waals surface area contributed by atoms with Gasteiger partial charge in [-0.3, -0.25) is 14.6 Å². The Labute approximate surface area is 151 Å². The van der Waals surface area contributed by atoms with Crippen LogP contribution < -0.4 is 4.90 Å². The van der Waals surface area contributed by atoms with Gasteiger partial charge in [0.05, 0.1) is 6.20 Å². The summed E-state index contributed by atoms with van der Waals surface area (Å²) in [5.41, 5.74) is 1.18. The lowest BCUT2D eigenvalue weighted by atomic mass is 10.0. The van der Waals surface area contributed by atoms with Crippen LogP contribution in [0, 0.1) is 0 Å². The molecule has 3 rings (SSSR count). The van der Waals surface area contributed by atoms with Crippen LogP contribution >= 0.6 is 11.6 Å². The smallest absolute Gasteiger partial charge is 0.274 e. The van der Waals surface area contributed by atoms with Crippen molar-refractivity contribution in [2.45, 2.75) is 18.9 Å². The highest BCUT2D eigenvalue weighted by molar-refractivity contribution is 6.29. The van der Waals surface area contributed by atoms with E-state index in [-0.39, 0.29) is 23.7 Å². The van der Waals surface area contributed by atoms with Crippen LogP contribution in [0.25, 0.3) is 0 Å². The second-order valence-corrected chi connectivity index (χ2v) is 6.11. The van der Waals surface area contributed by atoms with Gasteiger partial charge in [-0.05, 0) is 25.0 Å². The van der Waals surface area contributed by atoms with Gasteiger partial charge in [-0.2, -0.15) is 0 Å². The van der Waals surface area contributed by atoms with Crippen molar-refractivity contribution in [3.05, 3.63) is 54.6 Å². The zero-order valence-corrected chi connectivity index (χ0v) is 14.5. The van der Waals surface area contributed by atoms with Crippen molar-refractivity contribution in [2.75, 3.05) is 23.9 Å². The van der Waals surface area contributed by atoms with Crippen molar-refractivity contribution in [1.82, 2.24) is 14.9 Å². The number of nitrogens with zero attached hydrogens (tertiary/aromatic N) is 4. The number of aromatic nitrogens is 2. The van der Waals surface area contributed by atoms with Crippen molar-refractivity contribution in [3.8, 4) is 0 Å². The van der Waals surface area contributed by atoms with Gasteiger partial charge < -0.3 is 9.80 Å². The summed E-state index contributed by atoms with van der Waals surface area (Å²) in [4.78, 5) is 36.3. The number of piperidine rings is 1. The molecule has 0 unspecified atom stereocenters. The summed E-state index contributed by atoms with van der Waals surface area (Å²) < 4.78 is 0. The molecule has 1 fully saturated rings. The third-order valence-electron chi connectivity index (χ3n) is 4.32. The number of para-hydroxylation sites is 1. The van der Waals surface area contributed by atoms with Gasteiger partial charge in [-0.25, -0.2) is 4.98 Å². The van der Waals surface area contributed by atoms with Crippen molar-refractivity contribution < 1.29 is 9.59 Å². The molecule has 6 nitrogen and oxygen atoms in total. The predicted molar refractivity (Wildman–Crippen MR) is 95.6 cm³/mol. The maximum atomic E-state index is 12.5. The van der Waals surface area contributed by atoms with E-state index < -0.39 is 0 Å². The second-order valence-electron chi connectivity index (χ2n) is 5.85. The van der Waals surface area contributed by atoms with E-state index in [1.807, 2.05) is 30.3 Å². The van der Waals surface area contributed by atoms with Gasteiger partial charge >= 0.3 is 0 Å². The van der Waals surface area contributed by atoms with E-state index in [1.165, 1.54) is 12.4 Å². The molecule has 25 heavy (non-hydrogen) atoms. The van der Waals surface area contributed by atoms with Crippen LogP contribution in [0.15, 0.2) is 48.9 Å². The first-order valence-electron chi connectivity index (χ1n) is 8.19. The third-order valence-corrected chi connectivity index (χ3v) is 4.55. The van der Waals surface area contributed by atoms with Gasteiger partial charge in [0.1, 0.15) is 11.6 Å². The highest BCUT2D eigenvalue weighted by Gasteiger charge is 2.30. The Hall–Kier alpha value is -2.47. The summed E-state index contributed by atoms with van der Waals surface area (Å²) in [6.45, 7) is 1.14. The second kappa shape index (κ2) is 8.07. The number of anilines is 1. The Morgan fingerprint density at radius 1 is 1.16 bits per heavy atom. The van der Waals surface area contributed by atoms with Crippen LogP contribution in [-0.4, -0.2) is 51.7 Å². The van der Waals surface area contributed by atoms with Crippen molar-refractivity contribution in [2.24, 2.45) is 0 Å². The standard InChI is InChI=1S/C18H19ClN4O2/c19-12-17(24)23(14-4-2-1-3-5-14)15-6-10-22(11-7-15)18(25)16-13-20-8-9-21-16/h1-5,8-9,13,15H,6-7,10-12H2. The lowest BCUT2D eigenvalue weighted by Crippen LogP contribution is -2.49. The highest BCUT2D eigenvalue weighted by atomic mass is 35.5. The van der Waals surface area contributed by atoms with E-state index in [9.17, 15) is 9.59 Å². The SMILES string of the molecule is O=C(c1cnccn1)N1CCC(N(C(=O)CCl)c2ccccc2)CC1. The first-order valence-corrected chi connectivity index (χ1v) is 8.72. The molecule has 2 heterocycles. The fourth-order valence-corrected chi connectivity index (χ4v) is 3.24. The zero-order valence-electron chi connectivity index (χ0n) is 13.7. The van der Waals surface area contributed by atoms with E-state index in [1.54, 1.807) is 16.0 Å². The monoisotopic (exact) mass is 358 g/mol. The van der Waals surface area contributed by atoms with Gasteiger partial charge in [-0.1, -0.05) is 18.2 Å². The number of carbonyl (C=O) groups is 2. The highest BCUT2D eigenvalue weighted by Crippen LogP contribution is 2.24. The minimum Gasteiger partial charge on any atom is -0.337 e. The maximum Gasteiger partial charge on any atom is 0.274 e. The molecule has 0 N–H and O–H groups in total. The normalized spacial score (nSPS) is 15.0. The molecule has 1 aromatic heterocycles. The molecule has 1 aromatic carbocycles. The molecular formula is C18H19ClN4O2. The van der Waals surface area contributed by atoms with Gasteiger partial charge in [-0.15, -0.1) is 11.6 Å². The molecule has 2 amide bonds. The number of rotatable bonds is 4. The Balaban J connectivity index is 1.69. The Morgan fingerprint density at radius 2 is 1.88 bits per heavy atom. The van der Waals surface area contributed by atoms with Crippen LogP contribution in [0.2, 0.25) is 0 Å². The third kappa shape index (κ3) is 3.96. The number of likely N-dealkylation sites (tertiary alicyclic amines) is 1. The molecule has 1 aliphatic heterocycles. The topological polar surface area (TPSA) is 66.4 Å². The maximum absolute atomic E-state index is 12.5. The van der Waals surface area contributed by atoms with E-state index in [4.69, 9.17) is 11.6 Å². The number of hydrogen-bond donors (Lipinski definition) is 0. The molecule has 1 saturated heterocycles. The number of halogens is 1. The Bertz CT molecular complexity index is 718. The molecule has 7 heteroatoms. The minimum absolute atomic E-state index is 0.0274. The summed E-state index contributed by atoms with van der Waals surface area (Å²) in [5, 5.41) is 0. The molecule has 0 atom stereocenters. The zero-order chi connectivity index (χ0) is 17.6. The number of amides is 2. The average Bonchev–Trinajstić information content (AvgIpc) is 2.69. The van der Waals surface area contributed by atoms with Crippen LogP contribution in [0.3, 0.4) is 0 Å². The van der Waals surface area contributed by atoms with Crippen LogP contribution in [-0.2, 0) is 4.79 Å². The molecule has 2 aromatic rings. The number of benzene rings is 1. The van der Waals surface area contributed by atoms with Crippen molar-refractivity contribution in [1.29, 1.82) is 0 Å². The van der Waals surface area contributed by atoms with Crippen LogP contribution in [0.4, 0.5) is 5.69 Å². The van der Waals surface area contributed by atoms with Crippen LogP contribution in [0.1, 0.15) is 23.3 Å². The predicted octanol–water partition coefficient (Wildman–Crippen LogP) is 2.35. The molecule has 0 bridgehead atoms. The molecule has 0 saturated carbocycles. The Morgan fingerprint density at radius 3 is 2.48 bits per heavy atom. The van der Waals surface area contributed by atoms with Crippen molar-refractivity contribution in [3.63, 3.8) is 0 Å². The fourth-order valence-electron chi connectivity index (χ4n) is 3.11. The van der Waals surface area contributed by atoms with Gasteiger partial charge in [0.25, 0.3) is 5.91 Å². The van der Waals surface area contributed by atoms with Gasteiger partial charge in [0.2, 0.25) is 5.91 Å². The molecule has 0 aliphatic carbocycles. The fraction of sp³-hybridized carbons (Fsp3) is 0.333. The molecule has 130 valence electrons. The lowest BCUT2D eigenvalue weighted by molar-refractivity contribution is -0.116. The summed E-state index contributed by atoms with van der Waals surface area (Å²) in [7, 11) is 0.